The summed E-state index contributed by atoms with van der Waals surface area (Å²) in [6, 6.07) is 20.0. The Bertz CT molecular complexity index is 1410. The van der Waals surface area contributed by atoms with Gasteiger partial charge in [-0.05, 0) is 43.2 Å². The summed E-state index contributed by atoms with van der Waals surface area (Å²) >= 11 is 6.04. The number of aromatic nitrogens is 1. The van der Waals surface area contributed by atoms with Crippen LogP contribution in [0, 0.1) is 13.8 Å². The number of nitrogens with zero attached hydrogens (tertiary/aromatic N) is 1. The minimum atomic E-state index is -3.61. The second kappa shape index (κ2) is 8.81. The summed E-state index contributed by atoms with van der Waals surface area (Å²) in [7, 11) is -3.61. The van der Waals surface area contributed by atoms with Crippen LogP contribution in [0.2, 0.25) is 5.02 Å². The van der Waals surface area contributed by atoms with Gasteiger partial charge in [0.15, 0.2) is 9.84 Å². The molecular weight excluding hydrogens is 444 g/mol. The molecule has 0 bridgehead atoms. The number of hydrogen-bond donors (Lipinski definition) is 1. The second-order valence-electron chi connectivity index (χ2n) is 7.89. The van der Waals surface area contributed by atoms with Crippen molar-refractivity contribution in [1.82, 2.24) is 4.57 Å². The maximum absolute atomic E-state index is 13.2. The monoisotopic (exact) mass is 466 g/mol. The van der Waals surface area contributed by atoms with E-state index in [1.54, 1.807) is 35.0 Å². The summed E-state index contributed by atoms with van der Waals surface area (Å²) in [5.74, 6) is -0.367. The normalized spacial score (nSPS) is 11.6. The lowest BCUT2D eigenvalue weighted by atomic mass is 10.2. The fraction of sp³-hybridized carbons (Fsp3) is 0.160. The highest BCUT2D eigenvalue weighted by Gasteiger charge is 2.22. The Balaban J connectivity index is 1.64. The summed E-state index contributed by atoms with van der Waals surface area (Å²) in [4.78, 5) is 13.0. The summed E-state index contributed by atoms with van der Waals surface area (Å²) < 4.78 is 28.2. The zero-order valence-corrected chi connectivity index (χ0v) is 19.4. The molecular formula is C25H23ClN2O3S. The molecule has 7 heteroatoms. The van der Waals surface area contributed by atoms with E-state index >= 15 is 0 Å². The molecule has 4 rings (SSSR count). The number of nitrogens with one attached hydrogen (secondary N) is 1. The van der Waals surface area contributed by atoms with Crippen molar-refractivity contribution in [3.8, 4) is 0 Å². The average molecular weight is 467 g/mol. The minimum absolute atomic E-state index is 0.0213. The van der Waals surface area contributed by atoms with E-state index in [1.165, 1.54) is 0 Å². The van der Waals surface area contributed by atoms with Crippen molar-refractivity contribution in [2.24, 2.45) is 0 Å². The highest BCUT2D eigenvalue weighted by atomic mass is 35.5. The van der Waals surface area contributed by atoms with Gasteiger partial charge in [-0.2, -0.15) is 0 Å². The molecule has 32 heavy (non-hydrogen) atoms. The molecule has 5 nitrogen and oxygen atoms in total. The first kappa shape index (κ1) is 22.1. The van der Waals surface area contributed by atoms with Crippen LogP contribution in [0.5, 0.6) is 0 Å². The van der Waals surface area contributed by atoms with E-state index in [0.717, 1.165) is 16.7 Å². The molecule has 1 heterocycles. The van der Waals surface area contributed by atoms with Crippen molar-refractivity contribution in [3.63, 3.8) is 0 Å². The van der Waals surface area contributed by atoms with Gasteiger partial charge in [-0.15, -0.1) is 0 Å². The molecule has 0 aliphatic heterocycles. The predicted octanol–water partition coefficient (Wildman–Crippen LogP) is 5.52. The number of halogens is 1. The van der Waals surface area contributed by atoms with Gasteiger partial charge in [-0.1, -0.05) is 65.7 Å². The first-order valence-corrected chi connectivity index (χ1v) is 12.2. The van der Waals surface area contributed by atoms with Gasteiger partial charge in [0.25, 0.3) is 0 Å². The molecule has 0 aliphatic rings. The van der Waals surface area contributed by atoms with Crippen molar-refractivity contribution in [2.45, 2.75) is 31.0 Å². The van der Waals surface area contributed by atoms with Crippen LogP contribution in [0.3, 0.4) is 0 Å². The Kier molecular flexibility index (Phi) is 6.09. The lowest BCUT2D eigenvalue weighted by molar-refractivity contribution is -0.116. The number of benzene rings is 3. The number of rotatable bonds is 6. The van der Waals surface area contributed by atoms with E-state index in [4.69, 9.17) is 11.6 Å². The molecule has 0 atom stereocenters. The number of aryl methyl sites for hydroxylation is 2. The first-order valence-electron chi connectivity index (χ1n) is 10.1. The molecule has 0 radical (unpaired) electrons. The lowest BCUT2D eigenvalue weighted by Crippen LogP contribution is -2.18. The molecule has 0 saturated carbocycles. The van der Waals surface area contributed by atoms with E-state index in [2.05, 4.69) is 5.32 Å². The quantitative estimate of drug-likeness (QED) is 0.406. The van der Waals surface area contributed by atoms with Crippen LogP contribution in [0.1, 0.15) is 16.7 Å². The minimum Gasteiger partial charge on any atom is -0.337 e. The number of fused-ring (bicyclic) bond motifs is 1. The molecule has 0 spiro atoms. The molecule has 0 aliphatic carbocycles. The Morgan fingerprint density at radius 2 is 1.72 bits per heavy atom. The number of amides is 1. The van der Waals surface area contributed by atoms with E-state index in [9.17, 15) is 13.2 Å². The summed E-state index contributed by atoms with van der Waals surface area (Å²) in [5, 5.41) is 4.00. The summed E-state index contributed by atoms with van der Waals surface area (Å²) in [5.41, 5.74) is 4.01. The number of sulfone groups is 1. The zero-order valence-electron chi connectivity index (χ0n) is 17.8. The number of anilines is 1. The number of carbonyl (C=O) groups is 1. The lowest BCUT2D eigenvalue weighted by Gasteiger charge is -2.10. The van der Waals surface area contributed by atoms with Gasteiger partial charge >= 0.3 is 0 Å². The van der Waals surface area contributed by atoms with Crippen LogP contribution in [-0.4, -0.2) is 18.9 Å². The summed E-state index contributed by atoms with van der Waals surface area (Å²) in [6.45, 7) is 3.82. The van der Waals surface area contributed by atoms with Crippen LogP contribution in [0.15, 0.2) is 77.8 Å². The fourth-order valence-electron chi connectivity index (χ4n) is 3.65. The van der Waals surface area contributed by atoms with Gasteiger partial charge in [0.2, 0.25) is 5.91 Å². The van der Waals surface area contributed by atoms with Crippen LogP contribution in [-0.2, 0) is 26.9 Å². The van der Waals surface area contributed by atoms with Gasteiger partial charge in [0.05, 0.1) is 10.6 Å². The molecule has 0 unspecified atom stereocenters. The summed E-state index contributed by atoms with van der Waals surface area (Å²) in [6.07, 6.45) is 1.55. The third-order valence-corrected chi connectivity index (χ3v) is 7.30. The highest BCUT2D eigenvalue weighted by Crippen LogP contribution is 2.28. The van der Waals surface area contributed by atoms with Crippen LogP contribution < -0.4 is 5.32 Å². The molecule has 3 aromatic carbocycles. The molecule has 1 amide bonds. The van der Waals surface area contributed by atoms with Crippen LogP contribution in [0.4, 0.5) is 5.69 Å². The smallest absolute Gasteiger partial charge is 0.244 e. The standard InChI is InChI=1S/C25H23ClN2O3S/c1-17-7-10-19(11-8-17)16-32(30,31)24-14-28(23-6-4-3-5-21(23)24)15-25(29)27-22-13-20(26)12-9-18(22)2/h3-14H,15-16H2,1-2H3,(H,27,29). The number of para-hydroxylation sites is 1. The van der Waals surface area contributed by atoms with Gasteiger partial charge < -0.3 is 9.88 Å². The maximum atomic E-state index is 13.2. The fourth-order valence-corrected chi connectivity index (χ4v) is 5.40. The molecule has 0 fully saturated rings. The van der Waals surface area contributed by atoms with E-state index in [-0.39, 0.29) is 23.1 Å². The first-order chi connectivity index (χ1) is 15.2. The van der Waals surface area contributed by atoms with Crippen LogP contribution in [0.25, 0.3) is 10.9 Å². The van der Waals surface area contributed by atoms with E-state index in [0.29, 0.717) is 21.6 Å². The van der Waals surface area contributed by atoms with Gasteiger partial charge in [0.1, 0.15) is 6.54 Å². The molecule has 164 valence electrons. The zero-order chi connectivity index (χ0) is 22.9. The molecule has 0 saturated heterocycles. The average Bonchev–Trinajstić information content (AvgIpc) is 3.12. The maximum Gasteiger partial charge on any atom is 0.244 e. The molecule has 1 aromatic heterocycles. The van der Waals surface area contributed by atoms with E-state index in [1.807, 2.05) is 56.3 Å². The Hall–Kier alpha value is -3.09. The Morgan fingerprint density at radius 3 is 2.47 bits per heavy atom. The topological polar surface area (TPSA) is 68.2 Å². The molecule has 1 N–H and O–H groups in total. The van der Waals surface area contributed by atoms with Crippen LogP contribution >= 0.6 is 11.6 Å². The predicted molar refractivity (Wildman–Crippen MR) is 129 cm³/mol. The van der Waals surface area contributed by atoms with Crippen molar-refractivity contribution in [2.75, 3.05) is 5.32 Å². The van der Waals surface area contributed by atoms with Gasteiger partial charge in [0, 0.05) is 27.8 Å². The number of hydrogen-bond acceptors (Lipinski definition) is 3. The van der Waals surface area contributed by atoms with E-state index < -0.39 is 9.84 Å². The van der Waals surface area contributed by atoms with Crippen molar-refractivity contribution in [1.29, 1.82) is 0 Å². The Morgan fingerprint density at radius 1 is 1.00 bits per heavy atom. The van der Waals surface area contributed by atoms with Crippen molar-refractivity contribution < 1.29 is 13.2 Å². The molecule has 4 aromatic rings. The third-order valence-electron chi connectivity index (χ3n) is 5.35. The van der Waals surface area contributed by atoms with Gasteiger partial charge in [-0.25, -0.2) is 8.42 Å². The SMILES string of the molecule is Cc1ccc(CS(=O)(=O)c2cn(CC(=O)Nc3cc(Cl)ccc3C)c3ccccc23)cc1. The van der Waals surface area contributed by atoms with Crippen molar-refractivity contribution >= 4 is 43.9 Å². The Labute approximate surface area is 192 Å². The second-order valence-corrected chi connectivity index (χ2v) is 10.3. The third kappa shape index (κ3) is 4.71. The largest absolute Gasteiger partial charge is 0.337 e. The highest BCUT2D eigenvalue weighted by molar-refractivity contribution is 7.90. The number of carbonyl (C=O) groups excluding carboxylic acids is 1. The van der Waals surface area contributed by atoms with Crippen molar-refractivity contribution in [3.05, 3.63) is 94.6 Å². The van der Waals surface area contributed by atoms with Gasteiger partial charge in [-0.3, -0.25) is 4.79 Å².